The first kappa shape index (κ1) is 14.1. The molecular formula is C18H28N2. The lowest BCUT2D eigenvalue weighted by atomic mass is 9.81. The van der Waals surface area contributed by atoms with Gasteiger partial charge in [-0.3, -0.25) is 0 Å². The van der Waals surface area contributed by atoms with E-state index >= 15 is 0 Å². The SMILES string of the molecule is CC(N)C1CCN(C2CCC(c3ccccc3)CC2)C1. The van der Waals surface area contributed by atoms with Crippen molar-refractivity contribution in [3.05, 3.63) is 35.9 Å². The lowest BCUT2D eigenvalue weighted by molar-refractivity contribution is 0.174. The molecule has 1 aromatic rings. The average molecular weight is 272 g/mol. The summed E-state index contributed by atoms with van der Waals surface area (Å²) in [4.78, 5) is 2.72. The van der Waals surface area contributed by atoms with Crippen molar-refractivity contribution in [2.75, 3.05) is 13.1 Å². The number of hydrogen-bond acceptors (Lipinski definition) is 2. The maximum Gasteiger partial charge on any atom is 0.00958 e. The Morgan fingerprint density at radius 2 is 1.75 bits per heavy atom. The molecule has 3 rings (SSSR count). The topological polar surface area (TPSA) is 29.3 Å². The zero-order valence-electron chi connectivity index (χ0n) is 12.7. The largest absolute Gasteiger partial charge is 0.328 e. The van der Waals surface area contributed by atoms with Crippen molar-refractivity contribution < 1.29 is 0 Å². The van der Waals surface area contributed by atoms with Gasteiger partial charge < -0.3 is 10.6 Å². The molecule has 2 unspecified atom stereocenters. The molecule has 0 spiro atoms. The van der Waals surface area contributed by atoms with Crippen LogP contribution in [0.5, 0.6) is 0 Å². The van der Waals surface area contributed by atoms with Crippen LogP contribution in [-0.4, -0.2) is 30.1 Å². The van der Waals surface area contributed by atoms with Crippen molar-refractivity contribution in [2.45, 2.75) is 57.0 Å². The van der Waals surface area contributed by atoms with Crippen LogP contribution >= 0.6 is 0 Å². The summed E-state index contributed by atoms with van der Waals surface area (Å²) in [5, 5.41) is 0. The maximum atomic E-state index is 6.06. The number of nitrogens with zero attached hydrogens (tertiary/aromatic N) is 1. The van der Waals surface area contributed by atoms with E-state index in [1.165, 1.54) is 45.2 Å². The van der Waals surface area contributed by atoms with Gasteiger partial charge in [0.1, 0.15) is 0 Å². The first-order valence-corrected chi connectivity index (χ1v) is 8.28. The van der Waals surface area contributed by atoms with Crippen LogP contribution in [0.25, 0.3) is 0 Å². The zero-order valence-corrected chi connectivity index (χ0v) is 12.7. The van der Waals surface area contributed by atoms with E-state index < -0.39 is 0 Å². The third-order valence-electron chi connectivity index (χ3n) is 5.48. The summed E-state index contributed by atoms with van der Waals surface area (Å²) in [6.45, 7) is 4.67. The smallest absolute Gasteiger partial charge is 0.00958 e. The molecule has 0 radical (unpaired) electrons. The van der Waals surface area contributed by atoms with E-state index in [2.05, 4.69) is 42.2 Å². The molecule has 1 heterocycles. The van der Waals surface area contributed by atoms with Crippen LogP contribution < -0.4 is 5.73 Å². The Morgan fingerprint density at radius 3 is 2.35 bits per heavy atom. The van der Waals surface area contributed by atoms with E-state index in [9.17, 15) is 0 Å². The molecule has 2 atom stereocenters. The Labute approximate surface area is 123 Å². The molecule has 0 amide bonds. The van der Waals surface area contributed by atoms with Crippen LogP contribution in [0, 0.1) is 5.92 Å². The lowest BCUT2D eigenvalue weighted by Crippen LogP contribution is -2.38. The highest BCUT2D eigenvalue weighted by Gasteiger charge is 2.32. The summed E-state index contributed by atoms with van der Waals surface area (Å²) in [5.74, 6) is 1.51. The molecule has 1 aliphatic heterocycles. The predicted molar refractivity (Wildman–Crippen MR) is 84.8 cm³/mol. The van der Waals surface area contributed by atoms with Crippen molar-refractivity contribution in [3.8, 4) is 0 Å². The Hall–Kier alpha value is -0.860. The highest BCUT2D eigenvalue weighted by molar-refractivity contribution is 5.20. The van der Waals surface area contributed by atoms with Crippen molar-refractivity contribution in [1.82, 2.24) is 4.90 Å². The van der Waals surface area contributed by atoms with E-state index in [-0.39, 0.29) is 0 Å². The Kier molecular flexibility index (Phi) is 4.42. The van der Waals surface area contributed by atoms with E-state index in [0.717, 1.165) is 17.9 Å². The van der Waals surface area contributed by atoms with Gasteiger partial charge in [0.2, 0.25) is 0 Å². The fourth-order valence-electron chi connectivity index (χ4n) is 4.08. The quantitative estimate of drug-likeness (QED) is 0.914. The van der Waals surface area contributed by atoms with Gasteiger partial charge in [-0.1, -0.05) is 30.3 Å². The zero-order chi connectivity index (χ0) is 13.9. The summed E-state index contributed by atoms with van der Waals surface area (Å²) in [6.07, 6.45) is 6.74. The minimum absolute atomic E-state index is 0.362. The minimum Gasteiger partial charge on any atom is -0.328 e. The third-order valence-corrected chi connectivity index (χ3v) is 5.48. The molecule has 0 aromatic heterocycles. The molecule has 1 saturated carbocycles. The third kappa shape index (κ3) is 3.07. The molecule has 1 aromatic carbocycles. The van der Waals surface area contributed by atoms with Gasteiger partial charge in [-0.25, -0.2) is 0 Å². The molecule has 2 heteroatoms. The minimum atomic E-state index is 0.362. The number of hydrogen-bond donors (Lipinski definition) is 1. The number of nitrogens with two attached hydrogens (primary N) is 1. The fraction of sp³-hybridized carbons (Fsp3) is 0.667. The van der Waals surface area contributed by atoms with Crippen molar-refractivity contribution >= 4 is 0 Å². The Bertz CT molecular complexity index is 407. The Balaban J connectivity index is 1.52. The number of likely N-dealkylation sites (tertiary alicyclic amines) is 1. The normalized spacial score (nSPS) is 33.2. The van der Waals surface area contributed by atoms with Crippen LogP contribution in [0.15, 0.2) is 30.3 Å². The lowest BCUT2D eigenvalue weighted by Gasteiger charge is -2.35. The van der Waals surface area contributed by atoms with E-state index in [1.54, 1.807) is 5.56 Å². The summed E-state index contributed by atoms with van der Waals surface area (Å²) in [6, 6.07) is 12.2. The van der Waals surface area contributed by atoms with Crippen molar-refractivity contribution in [2.24, 2.45) is 11.7 Å². The summed E-state index contributed by atoms with van der Waals surface area (Å²) in [5.41, 5.74) is 7.60. The second-order valence-corrected chi connectivity index (χ2v) is 6.82. The molecule has 2 fully saturated rings. The van der Waals surface area contributed by atoms with Gasteiger partial charge in [0, 0.05) is 18.6 Å². The van der Waals surface area contributed by atoms with Gasteiger partial charge >= 0.3 is 0 Å². The van der Waals surface area contributed by atoms with Gasteiger partial charge in [-0.15, -0.1) is 0 Å². The first-order valence-electron chi connectivity index (χ1n) is 8.28. The van der Waals surface area contributed by atoms with Crippen LogP contribution in [0.3, 0.4) is 0 Å². The van der Waals surface area contributed by atoms with Crippen LogP contribution in [0.4, 0.5) is 0 Å². The first-order chi connectivity index (χ1) is 9.74. The number of benzene rings is 1. The van der Waals surface area contributed by atoms with Gasteiger partial charge in [0.15, 0.2) is 0 Å². The van der Waals surface area contributed by atoms with Crippen molar-refractivity contribution in [1.29, 1.82) is 0 Å². The fourth-order valence-corrected chi connectivity index (χ4v) is 4.08. The van der Waals surface area contributed by atoms with E-state index in [4.69, 9.17) is 5.73 Å². The van der Waals surface area contributed by atoms with Gasteiger partial charge in [-0.2, -0.15) is 0 Å². The maximum absolute atomic E-state index is 6.06. The second kappa shape index (κ2) is 6.28. The summed E-state index contributed by atoms with van der Waals surface area (Å²) in [7, 11) is 0. The molecular weight excluding hydrogens is 244 g/mol. The molecule has 2 nitrogen and oxygen atoms in total. The molecule has 0 bridgehead atoms. The molecule has 1 saturated heterocycles. The average Bonchev–Trinajstić information content (AvgIpc) is 2.98. The van der Waals surface area contributed by atoms with Gasteiger partial charge in [0.25, 0.3) is 0 Å². The molecule has 110 valence electrons. The predicted octanol–water partition coefficient (Wildman–Crippen LogP) is 3.38. The van der Waals surface area contributed by atoms with E-state index in [1.807, 2.05) is 0 Å². The van der Waals surface area contributed by atoms with E-state index in [0.29, 0.717) is 6.04 Å². The summed E-state index contributed by atoms with van der Waals surface area (Å²) >= 11 is 0. The van der Waals surface area contributed by atoms with Crippen LogP contribution in [0.2, 0.25) is 0 Å². The molecule has 1 aliphatic carbocycles. The monoisotopic (exact) mass is 272 g/mol. The van der Waals surface area contributed by atoms with Gasteiger partial charge in [-0.05, 0) is 63.0 Å². The highest BCUT2D eigenvalue weighted by Crippen LogP contribution is 2.36. The van der Waals surface area contributed by atoms with Crippen LogP contribution in [0.1, 0.15) is 50.5 Å². The highest BCUT2D eigenvalue weighted by atomic mass is 15.2. The summed E-state index contributed by atoms with van der Waals surface area (Å²) < 4.78 is 0. The number of rotatable bonds is 3. The van der Waals surface area contributed by atoms with Crippen LogP contribution in [-0.2, 0) is 0 Å². The van der Waals surface area contributed by atoms with Gasteiger partial charge in [0.05, 0.1) is 0 Å². The molecule has 20 heavy (non-hydrogen) atoms. The molecule has 2 aliphatic rings. The van der Waals surface area contributed by atoms with Crippen molar-refractivity contribution in [3.63, 3.8) is 0 Å². The second-order valence-electron chi connectivity index (χ2n) is 6.82. The molecule has 2 N–H and O–H groups in total. The Morgan fingerprint density at radius 1 is 1.05 bits per heavy atom. The standard InChI is InChI=1S/C18H28N2/c1-14(19)17-11-12-20(13-17)18-9-7-16(8-10-18)15-5-3-2-4-6-15/h2-6,14,16-18H,7-13,19H2,1H3.